The lowest BCUT2D eigenvalue weighted by Gasteiger charge is -2.39. The van der Waals surface area contributed by atoms with Crippen LogP contribution < -0.4 is 11.5 Å². The highest BCUT2D eigenvalue weighted by Crippen LogP contribution is 2.26. The number of amides is 2. The molecule has 4 N–H and O–H groups in total. The molecule has 0 aliphatic carbocycles. The predicted molar refractivity (Wildman–Crippen MR) is 81.1 cm³/mol. The molecule has 0 unspecified atom stereocenters. The molecule has 1 aliphatic rings. The number of fused-ring (bicyclic) bond motifs is 1. The number of primary amides is 1. The van der Waals surface area contributed by atoms with Crippen LogP contribution in [0.15, 0.2) is 24.3 Å². The molecule has 0 radical (unpaired) electrons. The first kappa shape index (κ1) is 15.5. The monoisotopic (exact) mass is 289 g/mol. The van der Waals surface area contributed by atoms with Crippen LogP contribution in [0.5, 0.6) is 0 Å². The summed E-state index contributed by atoms with van der Waals surface area (Å²) in [4.78, 5) is 25.9. The minimum absolute atomic E-state index is 0.221. The van der Waals surface area contributed by atoms with Gasteiger partial charge in [0.15, 0.2) is 0 Å². The van der Waals surface area contributed by atoms with E-state index in [1.54, 1.807) is 0 Å². The van der Waals surface area contributed by atoms with E-state index in [1.165, 1.54) is 4.90 Å². The van der Waals surface area contributed by atoms with Gasteiger partial charge in [-0.25, -0.2) is 0 Å². The zero-order valence-corrected chi connectivity index (χ0v) is 12.8. The Morgan fingerprint density at radius 3 is 2.33 bits per heavy atom. The second-order valence-corrected chi connectivity index (χ2v) is 6.70. The highest BCUT2D eigenvalue weighted by atomic mass is 16.2. The number of carbonyl (C=O) groups is 2. The van der Waals surface area contributed by atoms with Crippen molar-refractivity contribution in [2.24, 2.45) is 16.9 Å². The summed E-state index contributed by atoms with van der Waals surface area (Å²) >= 11 is 0. The summed E-state index contributed by atoms with van der Waals surface area (Å²) in [7, 11) is 0. The second-order valence-electron chi connectivity index (χ2n) is 6.70. The van der Waals surface area contributed by atoms with E-state index in [-0.39, 0.29) is 11.3 Å². The molecule has 0 spiro atoms. The van der Waals surface area contributed by atoms with Crippen LogP contribution in [0.1, 0.15) is 31.9 Å². The van der Waals surface area contributed by atoms with Crippen LogP contribution in [-0.4, -0.2) is 28.8 Å². The van der Waals surface area contributed by atoms with Crippen LogP contribution >= 0.6 is 0 Å². The van der Waals surface area contributed by atoms with Gasteiger partial charge < -0.3 is 16.4 Å². The Balaban J connectivity index is 2.33. The summed E-state index contributed by atoms with van der Waals surface area (Å²) in [5.74, 6) is -0.709. The Bertz CT molecular complexity index is 563. The normalized spacial score (nSPS) is 19.8. The Hall–Kier alpha value is -1.88. The van der Waals surface area contributed by atoms with Gasteiger partial charge in [0.1, 0.15) is 6.04 Å². The Morgan fingerprint density at radius 2 is 1.81 bits per heavy atom. The first-order chi connectivity index (χ1) is 9.71. The van der Waals surface area contributed by atoms with Crippen molar-refractivity contribution in [3.8, 4) is 0 Å². The minimum atomic E-state index is -0.662. The maximum Gasteiger partial charge on any atom is 0.241 e. The summed E-state index contributed by atoms with van der Waals surface area (Å²) in [6, 6.07) is 6.50. The van der Waals surface area contributed by atoms with Crippen LogP contribution in [0, 0.1) is 5.41 Å². The molecule has 114 valence electrons. The molecule has 2 rings (SSSR count). The van der Waals surface area contributed by atoms with Gasteiger partial charge in [0.2, 0.25) is 11.8 Å². The molecule has 21 heavy (non-hydrogen) atoms. The third-order valence-electron chi connectivity index (χ3n) is 4.06. The van der Waals surface area contributed by atoms with Crippen LogP contribution in [0.2, 0.25) is 0 Å². The number of carbonyl (C=O) groups excluding carboxylic acids is 2. The number of hydrogen-bond acceptors (Lipinski definition) is 3. The van der Waals surface area contributed by atoms with Gasteiger partial charge in [0, 0.05) is 13.0 Å². The molecule has 5 heteroatoms. The largest absolute Gasteiger partial charge is 0.368 e. The summed E-state index contributed by atoms with van der Waals surface area (Å²) < 4.78 is 0. The molecule has 1 aromatic rings. The minimum Gasteiger partial charge on any atom is -0.368 e. The molecule has 2 amide bonds. The third-order valence-corrected chi connectivity index (χ3v) is 4.06. The SMILES string of the molecule is CC(C)(C)[C@H](N)C(=O)N1Cc2ccccc2C[C@H]1C(N)=O. The standard InChI is InChI=1S/C16H23N3O2/c1-16(2,3)13(17)15(21)19-9-11-7-5-4-6-10(11)8-12(19)14(18)20/h4-7,12-13H,8-9,17H2,1-3H3,(H2,18,20)/t12-,13+/m0/s1. The van der Waals surface area contributed by atoms with Gasteiger partial charge in [-0.2, -0.15) is 0 Å². The summed E-state index contributed by atoms with van der Waals surface area (Å²) in [5, 5.41) is 0. The van der Waals surface area contributed by atoms with Crippen LogP contribution in [0.4, 0.5) is 0 Å². The molecule has 1 aliphatic heterocycles. The summed E-state index contributed by atoms with van der Waals surface area (Å²) in [6.45, 7) is 6.11. The maximum atomic E-state index is 12.7. The van der Waals surface area contributed by atoms with E-state index >= 15 is 0 Å². The first-order valence-electron chi connectivity index (χ1n) is 7.14. The predicted octanol–water partition coefficient (Wildman–Crippen LogP) is 0.799. The number of nitrogens with two attached hydrogens (primary N) is 2. The Morgan fingerprint density at radius 1 is 1.24 bits per heavy atom. The molecular formula is C16H23N3O2. The molecule has 0 bridgehead atoms. The van der Waals surface area contributed by atoms with Crippen molar-refractivity contribution < 1.29 is 9.59 Å². The quantitative estimate of drug-likeness (QED) is 0.844. The fraction of sp³-hybridized carbons (Fsp3) is 0.500. The van der Waals surface area contributed by atoms with Crippen LogP contribution in [0.3, 0.4) is 0 Å². The lowest BCUT2D eigenvalue weighted by Crippen LogP contribution is -2.58. The van der Waals surface area contributed by atoms with Crippen molar-refractivity contribution >= 4 is 11.8 Å². The van der Waals surface area contributed by atoms with E-state index in [0.717, 1.165) is 11.1 Å². The molecule has 0 saturated heterocycles. The maximum absolute atomic E-state index is 12.7. The van der Waals surface area contributed by atoms with E-state index in [4.69, 9.17) is 11.5 Å². The van der Waals surface area contributed by atoms with Crippen molar-refractivity contribution in [1.29, 1.82) is 0 Å². The topological polar surface area (TPSA) is 89.4 Å². The van der Waals surface area contributed by atoms with Gasteiger partial charge >= 0.3 is 0 Å². The van der Waals surface area contributed by atoms with E-state index in [1.807, 2.05) is 45.0 Å². The van der Waals surface area contributed by atoms with Gasteiger partial charge in [0.25, 0.3) is 0 Å². The van der Waals surface area contributed by atoms with Crippen LogP contribution in [0.25, 0.3) is 0 Å². The average molecular weight is 289 g/mol. The molecule has 1 heterocycles. The van der Waals surface area contributed by atoms with E-state index in [9.17, 15) is 9.59 Å². The fourth-order valence-electron chi connectivity index (χ4n) is 2.56. The molecule has 0 fully saturated rings. The van der Waals surface area contributed by atoms with Crippen molar-refractivity contribution in [3.05, 3.63) is 35.4 Å². The van der Waals surface area contributed by atoms with Crippen LogP contribution in [-0.2, 0) is 22.6 Å². The van der Waals surface area contributed by atoms with Crippen molar-refractivity contribution in [3.63, 3.8) is 0 Å². The number of benzene rings is 1. The second kappa shape index (κ2) is 5.48. The van der Waals surface area contributed by atoms with Gasteiger partial charge in [-0.15, -0.1) is 0 Å². The van der Waals surface area contributed by atoms with Crippen molar-refractivity contribution in [2.75, 3.05) is 0 Å². The molecule has 0 aromatic heterocycles. The van der Waals surface area contributed by atoms with Crippen molar-refractivity contribution in [2.45, 2.75) is 45.8 Å². The first-order valence-corrected chi connectivity index (χ1v) is 7.14. The van der Waals surface area contributed by atoms with Gasteiger partial charge in [-0.05, 0) is 16.5 Å². The summed E-state index contributed by atoms with van der Waals surface area (Å²) in [6.07, 6.45) is 0.452. The fourth-order valence-corrected chi connectivity index (χ4v) is 2.56. The highest BCUT2D eigenvalue weighted by molar-refractivity contribution is 5.90. The van der Waals surface area contributed by atoms with Crippen molar-refractivity contribution in [1.82, 2.24) is 4.90 Å². The molecule has 2 atom stereocenters. The molecule has 5 nitrogen and oxygen atoms in total. The number of hydrogen-bond donors (Lipinski definition) is 2. The van der Waals surface area contributed by atoms with Gasteiger partial charge in [-0.1, -0.05) is 45.0 Å². The molecular weight excluding hydrogens is 266 g/mol. The van der Waals surface area contributed by atoms with Gasteiger partial charge in [-0.3, -0.25) is 9.59 Å². The van der Waals surface area contributed by atoms with E-state index in [0.29, 0.717) is 13.0 Å². The van der Waals surface area contributed by atoms with E-state index < -0.39 is 18.0 Å². The zero-order valence-electron chi connectivity index (χ0n) is 12.8. The molecule has 1 aromatic carbocycles. The zero-order chi connectivity index (χ0) is 15.8. The lowest BCUT2D eigenvalue weighted by atomic mass is 9.85. The Labute approximate surface area is 125 Å². The number of rotatable bonds is 2. The number of nitrogens with zero attached hydrogens (tertiary/aromatic N) is 1. The summed E-state index contributed by atoms with van der Waals surface area (Å²) in [5.41, 5.74) is 13.3. The van der Waals surface area contributed by atoms with Gasteiger partial charge in [0.05, 0.1) is 6.04 Å². The van der Waals surface area contributed by atoms with E-state index in [2.05, 4.69) is 0 Å². The lowest BCUT2D eigenvalue weighted by molar-refractivity contribution is -0.143. The Kier molecular flexibility index (Phi) is 4.05. The highest BCUT2D eigenvalue weighted by Gasteiger charge is 2.38. The average Bonchev–Trinajstić information content (AvgIpc) is 2.43. The smallest absolute Gasteiger partial charge is 0.241 e. The molecule has 0 saturated carbocycles. The third kappa shape index (κ3) is 3.08.